The summed E-state index contributed by atoms with van der Waals surface area (Å²) in [6.07, 6.45) is 0. The fourth-order valence-electron chi connectivity index (χ4n) is 0.923. The average Bonchev–Trinajstić information content (AvgIpc) is 2.09. The van der Waals surface area contributed by atoms with Gasteiger partial charge in [0, 0.05) is 0 Å². The Labute approximate surface area is 75.7 Å². The number of carbonyl (C=O) groups is 1. The molecule has 0 heterocycles. The van der Waals surface area contributed by atoms with E-state index in [0.717, 1.165) is 5.56 Å². The van der Waals surface area contributed by atoms with Crippen molar-refractivity contribution < 1.29 is 9.18 Å². The molecule has 0 aliphatic rings. The molecule has 0 saturated heterocycles. The summed E-state index contributed by atoms with van der Waals surface area (Å²) >= 11 is 0. The Morgan fingerprint density at radius 3 is 2.85 bits per heavy atom. The molecule has 0 aliphatic heterocycles. The van der Waals surface area contributed by atoms with E-state index in [1.807, 2.05) is 0 Å². The van der Waals surface area contributed by atoms with Gasteiger partial charge < -0.3 is 11.1 Å². The minimum absolute atomic E-state index is 0.146. The first kappa shape index (κ1) is 9.67. The number of carbonyl (C=O) groups excluding carboxylic acids is 1. The van der Waals surface area contributed by atoms with Gasteiger partial charge in [-0.1, -0.05) is 6.07 Å². The molecular weight excluding hydrogens is 171 g/mol. The Hall–Kier alpha value is -1.42. The number of hydrogen-bond donors (Lipinski definition) is 2. The number of benzene rings is 1. The molecule has 70 valence electrons. The van der Waals surface area contributed by atoms with E-state index in [-0.39, 0.29) is 12.2 Å². The van der Waals surface area contributed by atoms with Crippen LogP contribution in [0, 0.1) is 12.7 Å². The molecule has 0 saturated carbocycles. The van der Waals surface area contributed by atoms with Crippen molar-refractivity contribution >= 4 is 11.6 Å². The van der Waals surface area contributed by atoms with E-state index in [0.29, 0.717) is 0 Å². The molecule has 1 amide bonds. The number of rotatable bonds is 2. The standard InChI is InChI=1S/C9H11FN2O/c1-6-2-3-8(7(10)4-6)12-9(13)5-11/h2-4H,5,11H2,1H3,(H,12,13). The van der Waals surface area contributed by atoms with Crippen molar-refractivity contribution in [3.63, 3.8) is 0 Å². The first-order valence-corrected chi connectivity index (χ1v) is 3.89. The Kier molecular flexibility index (Phi) is 2.97. The lowest BCUT2D eigenvalue weighted by atomic mass is 10.2. The predicted molar refractivity (Wildman–Crippen MR) is 48.8 cm³/mol. The topological polar surface area (TPSA) is 55.1 Å². The molecule has 0 unspecified atom stereocenters. The first-order valence-electron chi connectivity index (χ1n) is 3.89. The third-order valence-electron chi connectivity index (χ3n) is 1.58. The Bertz CT molecular complexity index is 325. The van der Waals surface area contributed by atoms with Crippen LogP contribution in [0.25, 0.3) is 0 Å². The van der Waals surface area contributed by atoms with Crippen molar-refractivity contribution in [3.8, 4) is 0 Å². The summed E-state index contributed by atoms with van der Waals surface area (Å²) < 4.78 is 13.1. The van der Waals surface area contributed by atoms with Crippen LogP contribution in [-0.2, 0) is 4.79 Å². The summed E-state index contributed by atoms with van der Waals surface area (Å²) in [5.41, 5.74) is 6.04. The highest BCUT2D eigenvalue weighted by atomic mass is 19.1. The van der Waals surface area contributed by atoms with E-state index in [1.54, 1.807) is 13.0 Å². The fraction of sp³-hybridized carbons (Fsp3) is 0.222. The lowest BCUT2D eigenvalue weighted by Crippen LogP contribution is -2.22. The van der Waals surface area contributed by atoms with Crippen molar-refractivity contribution in [2.45, 2.75) is 6.92 Å². The van der Waals surface area contributed by atoms with Gasteiger partial charge in [0.25, 0.3) is 0 Å². The van der Waals surface area contributed by atoms with Crippen molar-refractivity contribution in [2.24, 2.45) is 5.73 Å². The van der Waals surface area contributed by atoms with Crippen LogP contribution in [0.5, 0.6) is 0 Å². The van der Waals surface area contributed by atoms with E-state index >= 15 is 0 Å². The van der Waals surface area contributed by atoms with Gasteiger partial charge in [0.1, 0.15) is 5.82 Å². The lowest BCUT2D eigenvalue weighted by molar-refractivity contribution is -0.114. The molecule has 4 heteroatoms. The number of nitrogens with two attached hydrogens (primary N) is 1. The molecular formula is C9H11FN2O. The second-order valence-corrected chi connectivity index (χ2v) is 2.74. The van der Waals surface area contributed by atoms with E-state index in [2.05, 4.69) is 5.32 Å². The van der Waals surface area contributed by atoms with Crippen molar-refractivity contribution in [1.82, 2.24) is 0 Å². The number of halogens is 1. The number of nitrogens with one attached hydrogen (secondary N) is 1. The molecule has 0 spiro atoms. The van der Waals surface area contributed by atoms with E-state index in [4.69, 9.17) is 5.73 Å². The monoisotopic (exact) mass is 182 g/mol. The molecule has 0 aromatic heterocycles. The predicted octanol–water partition coefficient (Wildman–Crippen LogP) is 1.03. The number of aryl methyl sites for hydroxylation is 1. The largest absolute Gasteiger partial charge is 0.322 e. The van der Waals surface area contributed by atoms with Gasteiger partial charge in [-0.2, -0.15) is 0 Å². The molecule has 0 radical (unpaired) electrons. The normalized spacial score (nSPS) is 9.77. The van der Waals surface area contributed by atoms with Crippen LogP contribution in [0.15, 0.2) is 18.2 Å². The zero-order valence-corrected chi connectivity index (χ0v) is 7.30. The SMILES string of the molecule is Cc1ccc(NC(=O)CN)c(F)c1. The molecule has 1 aromatic rings. The first-order chi connectivity index (χ1) is 6.13. The minimum atomic E-state index is -0.443. The van der Waals surface area contributed by atoms with Gasteiger partial charge in [0.05, 0.1) is 12.2 Å². The zero-order chi connectivity index (χ0) is 9.84. The maximum Gasteiger partial charge on any atom is 0.238 e. The van der Waals surface area contributed by atoms with Gasteiger partial charge in [-0.05, 0) is 24.6 Å². The molecule has 0 fully saturated rings. The second-order valence-electron chi connectivity index (χ2n) is 2.74. The number of hydrogen-bond acceptors (Lipinski definition) is 2. The van der Waals surface area contributed by atoms with Crippen LogP contribution in [0.1, 0.15) is 5.56 Å². The molecule has 0 aliphatic carbocycles. The van der Waals surface area contributed by atoms with Gasteiger partial charge in [0.2, 0.25) is 5.91 Å². The van der Waals surface area contributed by atoms with Gasteiger partial charge in [-0.25, -0.2) is 4.39 Å². The van der Waals surface area contributed by atoms with E-state index in [9.17, 15) is 9.18 Å². The third kappa shape index (κ3) is 2.52. The summed E-state index contributed by atoms with van der Waals surface area (Å²) in [7, 11) is 0. The van der Waals surface area contributed by atoms with Crippen LogP contribution >= 0.6 is 0 Å². The van der Waals surface area contributed by atoms with Crippen LogP contribution < -0.4 is 11.1 Å². The highest BCUT2D eigenvalue weighted by Gasteiger charge is 2.04. The van der Waals surface area contributed by atoms with E-state index in [1.165, 1.54) is 12.1 Å². The molecule has 1 aromatic carbocycles. The van der Waals surface area contributed by atoms with Crippen molar-refractivity contribution in [3.05, 3.63) is 29.6 Å². The summed E-state index contributed by atoms with van der Waals surface area (Å²) in [6.45, 7) is 1.63. The average molecular weight is 182 g/mol. The summed E-state index contributed by atoms with van der Waals surface area (Å²) in [5.74, 6) is -0.843. The molecule has 13 heavy (non-hydrogen) atoms. The maximum atomic E-state index is 13.1. The molecule has 0 bridgehead atoms. The Morgan fingerprint density at radius 2 is 2.31 bits per heavy atom. The lowest BCUT2D eigenvalue weighted by Gasteiger charge is -2.04. The quantitative estimate of drug-likeness (QED) is 0.717. The molecule has 3 N–H and O–H groups in total. The highest BCUT2D eigenvalue weighted by molar-refractivity contribution is 5.92. The maximum absolute atomic E-state index is 13.1. The molecule has 3 nitrogen and oxygen atoms in total. The van der Waals surface area contributed by atoms with Crippen LogP contribution in [0.4, 0.5) is 10.1 Å². The third-order valence-corrected chi connectivity index (χ3v) is 1.58. The van der Waals surface area contributed by atoms with Gasteiger partial charge in [-0.15, -0.1) is 0 Å². The van der Waals surface area contributed by atoms with Gasteiger partial charge in [0.15, 0.2) is 0 Å². The van der Waals surface area contributed by atoms with Gasteiger partial charge >= 0.3 is 0 Å². The van der Waals surface area contributed by atoms with Crippen LogP contribution in [-0.4, -0.2) is 12.5 Å². The van der Waals surface area contributed by atoms with Gasteiger partial charge in [-0.3, -0.25) is 4.79 Å². The summed E-state index contributed by atoms with van der Waals surface area (Å²) in [6, 6.07) is 4.58. The van der Waals surface area contributed by atoms with Crippen LogP contribution in [0.3, 0.4) is 0 Å². The summed E-state index contributed by atoms with van der Waals surface area (Å²) in [4.78, 5) is 10.8. The van der Waals surface area contributed by atoms with Crippen molar-refractivity contribution in [1.29, 1.82) is 0 Å². The second kappa shape index (κ2) is 4.00. The smallest absolute Gasteiger partial charge is 0.238 e. The summed E-state index contributed by atoms with van der Waals surface area (Å²) in [5, 5.41) is 2.35. The Morgan fingerprint density at radius 1 is 1.62 bits per heavy atom. The highest BCUT2D eigenvalue weighted by Crippen LogP contribution is 2.14. The zero-order valence-electron chi connectivity index (χ0n) is 7.30. The number of amides is 1. The minimum Gasteiger partial charge on any atom is -0.322 e. The van der Waals surface area contributed by atoms with Crippen molar-refractivity contribution in [2.75, 3.05) is 11.9 Å². The number of anilines is 1. The Balaban J connectivity index is 2.83. The van der Waals surface area contributed by atoms with E-state index < -0.39 is 11.7 Å². The molecule has 1 rings (SSSR count). The van der Waals surface area contributed by atoms with Crippen LogP contribution in [0.2, 0.25) is 0 Å². The molecule has 0 atom stereocenters. The fourth-order valence-corrected chi connectivity index (χ4v) is 0.923.